The number of fused-ring (bicyclic) bond motifs is 1. The van der Waals surface area contributed by atoms with E-state index < -0.39 is 10.8 Å². The van der Waals surface area contributed by atoms with E-state index >= 15 is 0 Å². The van der Waals surface area contributed by atoms with Crippen molar-refractivity contribution in [3.63, 3.8) is 0 Å². The molecule has 0 saturated carbocycles. The van der Waals surface area contributed by atoms with Crippen molar-refractivity contribution < 1.29 is 9.00 Å². The minimum atomic E-state index is -0.914. The number of rotatable bonds is 6. The second-order valence-corrected chi connectivity index (χ2v) is 6.76. The monoisotopic (exact) mass is 319 g/mol. The summed E-state index contributed by atoms with van der Waals surface area (Å²) in [4.78, 5) is 16.1. The number of aromatic nitrogens is 1. The summed E-state index contributed by atoms with van der Waals surface area (Å²) in [5.41, 5.74) is 2.09. The lowest BCUT2D eigenvalue weighted by Gasteiger charge is -2.13. The Morgan fingerprint density at radius 3 is 2.86 bits per heavy atom. The summed E-state index contributed by atoms with van der Waals surface area (Å²) < 4.78 is 11.1. The van der Waals surface area contributed by atoms with E-state index in [1.165, 1.54) is 0 Å². The highest BCUT2D eigenvalue weighted by Gasteiger charge is 2.08. The molecule has 0 radical (unpaired) electrons. The first kappa shape index (κ1) is 16.4. The zero-order valence-electron chi connectivity index (χ0n) is 12.8. The summed E-state index contributed by atoms with van der Waals surface area (Å²) in [6, 6.07) is 9.65. The van der Waals surface area contributed by atoms with Gasteiger partial charge in [-0.3, -0.25) is 9.19 Å². The van der Waals surface area contributed by atoms with Crippen molar-refractivity contribution in [1.29, 1.82) is 0 Å². The van der Waals surface area contributed by atoms with Gasteiger partial charge in [-0.2, -0.15) is 0 Å². The molecule has 1 aromatic carbocycles. The van der Waals surface area contributed by atoms with E-state index in [4.69, 9.17) is 0 Å². The zero-order valence-corrected chi connectivity index (χ0v) is 13.7. The average Bonchev–Trinajstić information content (AvgIpc) is 2.46. The van der Waals surface area contributed by atoms with Crippen LogP contribution in [0.2, 0.25) is 0 Å². The van der Waals surface area contributed by atoms with Crippen molar-refractivity contribution in [2.45, 2.75) is 19.4 Å². The molecule has 5 nitrogen and oxygen atoms in total. The predicted octanol–water partition coefficient (Wildman–Crippen LogP) is 1.84. The van der Waals surface area contributed by atoms with Gasteiger partial charge in [0.15, 0.2) is 0 Å². The number of hydrogen-bond donors (Lipinski definition) is 2. The maximum absolute atomic E-state index is 11.8. The topological polar surface area (TPSA) is 71.1 Å². The second kappa shape index (κ2) is 7.89. The lowest BCUT2D eigenvalue weighted by Crippen LogP contribution is -2.43. The van der Waals surface area contributed by atoms with Gasteiger partial charge in [0, 0.05) is 47.0 Å². The van der Waals surface area contributed by atoms with E-state index in [0.29, 0.717) is 12.3 Å². The molecular weight excluding hydrogens is 298 g/mol. The Kier molecular flexibility index (Phi) is 5.89. The largest absolute Gasteiger partial charge is 0.338 e. The van der Waals surface area contributed by atoms with Crippen molar-refractivity contribution in [3.05, 3.63) is 42.1 Å². The van der Waals surface area contributed by atoms with Crippen LogP contribution in [-0.4, -0.2) is 39.8 Å². The number of hydrogen-bond acceptors (Lipinski definition) is 3. The number of para-hydroxylation sites is 1. The summed E-state index contributed by atoms with van der Waals surface area (Å²) in [5.74, 6) is 0.459. The maximum Gasteiger partial charge on any atom is 0.315 e. The van der Waals surface area contributed by atoms with Crippen molar-refractivity contribution in [2.24, 2.45) is 0 Å². The predicted molar refractivity (Wildman–Crippen MR) is 90.4 cm³/mol. The lowest BCUT2D eigenvalue weighted by molar-refractivity contribution is 0.239. The standard InChI is InChI=1S/C16H21N3O2S/c1-12(11-22(2)21)19-16(20)18-10-8-14-6-3-5-13-7-4-9-17-15(13)14/h3-7,9,12H,8,10-11H2,1-2H3,(H2,18,19,20)/t12-,22+/m1/s1. The normalized spacial score (nSPS) is 13.5. The fourth-order valence-electron chi connectivity index (χ4n) is 2.35. The molecule has 0 aliphatic rings. The van der Waals surface area contributed by atoms with Gasteiger partial charge in [-0.15, -0.1) is 0 Å². The number of pyridine rings is 1. The Morgan fingerprint density at radius 1 is 1.32 bits per heavy atom. The molecule has 6 heteroatoms. The first-order valence-corrected chi connectivity index (χ1v) is 8.96. The van der Waals surface area contributed by atoms with Crippen LogP contribution in [0.5, 0.6) is 0 Å². The number of amides is 2. The van der Waals surface area contributed by atoms with Crippen molar-refractivity contribution in [1.82, 2.24) is 15.6 Å². The van der Waals surface area contributed by atoms with E-state index in [1.54, 1.807) is 12.5 Å². The van der Waals surface area contributed by atoms with Gasteiger partial charge in [-0.05, 0) is 25.0 Å². The molecule has 0 unspecified atom stereocenters. The smallest absolute Gasteiger partial charge is 0.315 e. The number of nitrogens with zero attached hydrogens (tertiary/aromatic N) is 1. The molecule has 0 aliphatic heterocycles. The molecule has 2 atom stereocenters. The number of urea groups is 1. The Hall–Kier alpha value is -1.95. The highest BCUT2D eigenvalue weighted by Crippen LogP contribution is 2.15. The third-order valence-electron chi connectivity index (χ3n) is 3.26. The molecule has 0 aliphatic carbocycles. The number of carbonyl (C=O) groups excluding carboxylic acids is 1. The molecule has 2 rings (SSSR count). The Balaban J connectivity index is 1.85. The SMILES string of the molecule is C[C@H](C[S@](C)=O)NC(=O)NCCc1cccc2cccnc12. The van der Waals surface area contributed by atoms with Crippen LogP contribution in [0.4, 0.5) is 4.79 Å². The fourth-order valence-corrected chi connectivity index (χ4v) is 3.14. The fraction of sp³-hybridized carbons (Fsp3) is 0.375. The van der Waals surface area contributed by atoms with Crippen LogP contribution in [0.25, 0.3) is 10.9 Å². The molecule has 2 N–H and O–H groups in total. The van der Waals surface area contributed by atoms with E-state index in [1.807, 2.05) is 37.3 Å². The molecule has 2 aromatic rings. The molecule has 0 bridgehead atoms. The summed E-state index contributed by atoms with van der Waals surface area (Å²) in [6.45, 7) is 2.37. The van der Waals surface area contributed by atoms with Crippen LogP contribution in [0, 0.1) is 0 Å². The second-order valence-electron chi connectivity index (χ2n) is 5.28. The van der Waals surface area contributed by atoms with Gasteiger partial charge < -0.3 is 10.6 Å². The summed E-state index contributed by atoms with van der Waals surface area (Å²) in [5, 5.41) is 6.70. The maximum atomic E-state index is 11.8. The summed E-state index contributed by atoms with van der Waals surface area (Å²) in [6.07, 6.45) is 4.12. The van der Waals surface area contributed by atoms with Crippen molar-refractivity contribution in [2.75, 3.05) is 18.6 Å². The van der Waals surface area contributed by atoms with Gasteiger partial charge >= 0.3 is 6.03 Å². The highest BCUT2D eigenvalue weighted by atomic mass is 32.2. The Labute approximate surface area is 133 Å². The minimum Gasteiger partial charge on any atom is -0.338 e. The van der Waals surface area contributed by atoms with E-state index in [0.717, 1.165) is 22.9 Å². The van der Waals surface area contributed by atoms with Crippen LogP contribution < -0.4 is 10.6 Å². The van der Waals surface area contributed by atoms with E-state index in [-0.39, 0.29) is 12.1 Å². The molecule has 1 heterocycles. The first-order valence-electron chi connectivity index (χ1n) is 7.23. The average molecular weight is 319 g/mol. The zero-order chi connectivity index (χ0) is 15.9. The molecule has 1 aromatic heterocycles. The van der Waals surface area contributed by atoms with E-state index in [2.05, 4.69) is 15.6 Å². The highest BCUT2D eigenvalue weighted by molar-refractivity contribution is 7.84. The molecule has 22 heavy (non-hydrogen) atoms. The van der Waals surface area contributed by atoms with Gasteiger partial charge in [0.25, 0.3) is 0 Å². The molecule has 2 amide bonds. The van der Waals surface area contributed by atoms with Crippen molar-refractivity contribution >= 4 is 27.7 Å². The van der Waals surface area contributed by atoms with Crippen LogP contribution in [0.3, 0.4) is 0 Å². The summed E-state index contributed by atoms with van der Waals surface area (Å²) >= 11 is 0. The van der Waals surface area contributed by atoms with Crippen LogP contribution in [-0.2, 0) is 17.2 Å². The molecule has 118 valence electrons. The summed E-state index contributed by atoms with van der Waals surface area (Å²) in [7, 11) is -0.914. The number of nitrogens with one attached hydrogen (secondary N) is 2. The van der Waals surface area contributed by atoms with Gasteiger partial charge in [0.2, 0.25) is 0 Å². The van der Waals surface area contributed by atoms with Crippen LogP contribution in [0.1, 0.15) is 12.5 Å². The van der Waals surface area contributed by atoms with Gasteiger partial charge in [-0.25, -0.2) is 4.79 Å². The quantitative estimate of drug-likeness (QED) is 0.853. The third kappa shape index (κ3) is 4.80. The van der Waals surface area contributed by atoms with Crippen LogP contribution >= 0.6 is 0 Å². The molecule has 0 saturated heterocycles. The molecular formula is C16H21N3O2S. The number of benzene rings is 1. The first-order chi connectivity index (χ1) is 10.6. The Morgan fingerprint density at radius 2 is 2.09 bits per heavy atom. The minimum absolute atomic E-state index is 0.106. The number of carbonyl (C=O) groups is 1. The lowest BCUT2D eigenvalue weighted by atomic mass is 10.1. The molecule has 0 spiro atoms. The van der Waals surface area contributed by atoms with Gasteiger partial charge in [0.05, 0.1) is 5.52 Å². The van der Waals surface area contributed by atoms with Crippen LogP contribution in [0.15, 0.2) is 36.5 Å². The van der Waals surface area contributed by atoms with Crippen molar-refractivity contribution in [3.8, 4) is 0 Å². The van der Waals surface area contributed by atoms with E-state index in [9.17, 15) is 9.00 Å². The van der Waals surface area contributed by atoms with Gasteiger partial charge in [0.1, 0.15) is 0 Å². The third-order valence-corrected chi connectivity index (χ3v) is 4.23. The Bertz CT molecular complexity index is 670. The molecule has 0 fully saturated rings. The van der Waals surface area contributed by atoms with Gasteiger partial charge in [-0.1, -0.05) is 24.3 Å².